The van der Waals surface area contributed by atoms with Crippen LogP contribution in [-0.4, -0.2) is 16.5 Å². The minimum absolute atomic E-state index is 0.256. The number of benzene rings is 1. The largest absolute Gasteiger partial charge is 0.281 e. The number of fused-ring (bicyclic) bond motifs is 2. The monoisotopic (exact) mass is 360 g/mol. The van der Waals surface area contributed by atoms with E-state index in [0.717, 1.165) is 41.8 Å². The summed E-state index contributed by atoms with van der Waals surface area (Å²) in [6, 6.07) is 11.2. The summed E-state index contributed by atoms with van der Waals surface area (Å²) < 4.78 is 1.84. The van der Waals surface area contributed by atoms with Crippen molar-refractivity contribution in [2.45, 2.75) is 19.3 Å². The highest BCUT2D eigenvalue weighted by Crippen LogP contribution is 2.34. The van der Waals surface area contributed by atoms with Gasteiger partial charge in [0.2, 0.25) is 0 Å². The van der Waals surface area contributed by atoms with Gasteiger partial charge in [0.15, 0.2) is 0 Å². The average molecular weight is 360 g/mol. The number of carbonyl (C=O) groups excluding carboxylic acids is 2. The maximum Gasteiger partial charge on any atom is 0.281 e. The topological polar surface area (TPSA) is 42.3 Å². The minimum Gasteiger partial charge on any atom is -0.267 e. The molecular weight excluding hydrogens is 344 g/mol. The van der Waals surface area contributed by atoms with E-state index in [0.29, 0.717) is 11.1 Å². The van der Waals surface area contributed by atoms with E-state index in [1.54, 1.807) is 35.6 Å². The standard InChI is InChI=1S/C21H16N2O2S/c24-20-16-7-4-5-8-17(16)21(25)23(20)22-18-9-3-1-2-6-14(18)12-19(22)15-10-11-26-13-15/h2,4-8,10-13H,1,3,9H2. The van der Waals surface area contributed by atoms with Gasteiger partial charge < -0.3 is 0 Å². The molecule has 0 saturated carbocycles. The molecule has 3 heterocycles. The fraction of sp³-hybridized carbons (Fsp3) is 0.143. The van der Waals surface area contributed by atoms with Crippen LogP contribution in [0.4, 0.5) is 0 Å². The zero-order chi connectivity index (χ0) is 17.7. The van der Waals surface area contributed by atoms with E-state index < -0.39 is 0 Å². The van der Waals surface area contributed by atoms with Gasteiger partial charge in [-0.1, -0.05) is 24.3 Å². The maximum absolute atomic E-state index is 13.1. The van der Waals surface area contributed by atoms with Gasteiger partial charge in [0.1, 0.15) is 0 Å². The zero-order valence-electron chi connectivity index (χ0n) is 14.0. The fourth-order valence-electron chi connectivity index (χ4n) is 3.75. The van der Waals surface area contributed by atoms with Gasteiger partial charge in [-0.05, 0) is 54.5 Å². The molecule has 0 unspecified atom stereocenters. The average Bonchev–Trinajstić information content (AvgIpc) is 3.31. The molecule has 1 aromatic carbocycles. The van der Waals surface area contributed by atoms with Gasteiger partial charge in [-0.15, -0.1) is 0 Å². The van der Waals surface area contributed by atoms with E-state index >= 15 is 0 Å². The summed E-state index contributed by atoms with van der Waals surface area (Å²) >= 11 is 1.60. The molecule has 128 valence electrons. The number of aromatic nitrogens is 1. The molecule has 2 aromatic heterocycles. The predicted octanol–water partition coefficient (Wildman–Crippen LogP) is 4.50. The summed E-state index contributed by atoms with van der Waals surface area (Å²) in [6.45, 7) is 0. The first-order chi connectivity index (χ1) is 12.8. The second kappa shape index (κ2) is 5.81. The highest BCUT2D eigenvalue weighted by atomic mass is 32.1. The van der Waals surface area contributed by atoms with Crippen molar-refractivity contribution in [1.82, 2.24) is 4.68 Å². The van der Waals surface area contributed by atoms with Crippen molar-refractivity contribution < 1.29 is 9.59 Å². The second-order valence-corrected chi connectivity index (χ2v) is 7.30. The third kappa shape index (κ3) is 2.14. The Morgan fingerprint density at radius 3 is 2.46 bits per heavy atom. The molecule has 0 fully saturated rings. The summed E-state index contributed by atoms with van der Waals surface area (Å²) in [7, 11) is 0. The van der Waals surface area contributed by atoms with Gasteiger partial charge in [0.05, 0.1) is 16.8 Å². The summed E-state index contributed by atoms with van der Waals surface area (Å²) in [5, 5.41) is 5.37. The highest BCUT2D eigenvalue weighted by Gasteiger charge is 2.39. The minimum atomic E-state index is -0.256. The Bertz CT molecular complexity index is 1020. The lowest BCUT2D eigenvalue weighted by Crippen LogP contribution is -2.41. The number of rotatable bonds is 2. The van der Waals surface area contributed by atoms with Gasteiger partial charge in [-0.25, -0.2) is 4.68 Å². The van der Waals surface area contributed by atoms with Crippen molar-refractivity contribution in [1.29, 1.82) is 0 Å². The van der Waals surface area contributed by atoms with Crippen LogP contribution in [-0.2, 0) is 6.42 Å². The molecule has 0 atom stereocenters. The van der Waals surface area contributed by atoms with Crippen LogP contribution in [0.3, 0.4) is 0 Å². The molecule has 1 aliphatic heterocycles. The van der Waals surface area contributed by atoms with Crippen molar-refractivity contribution in [2.24, 2.45) is 0 Å². The molecule has 26 heavy (non-hydrogen) atoms. The molecule has 0 N–H and O–H groups in total. The van der Waals surface area contributed by atoms with Crippen molar-refractivity contribution in [3.8, 4) is 11.3 Å². The third-order valence-electron chi connectivity index (χ3n) is 4.98. The summed E-state index contributed by atoms with van der Waals surface area (Å²) in [6.07, 6.45) is 7.10. The summed E-state index contributed by atoms with van der Waals surface area (Å²) in [5.74, 6) is -0.512. The second-order valence-electron chi connectivity index (χ2n) is 6.52. The molecule has 0 saturated heterocycles. The van der Waals surface area contributed by atoms with Crippen LogP contribution in [0.2, 0.25) is 0 Å². The number of allylic oxidation sites excluding steroid dienone is 1. The molecule has 4 nitrogen and oxygen atoms in total. The molecule has 5 heteroatoms. The predicted molar refractivity (Wildman–Crippen MR) is 103 cm³/mol. The Hall–Kier alpha value is -2.92. The Kier molecular flexibility index (Phi) is 3.43. The highest BCUT2D eigenvalue weighted by molar-refractivity contribution is 7.08. The molecule has 0 spiro atoms. The number of hydrogen-bond acceptors (Lipinski definition) is 3. The third-order valence-corrected chi connectivity index (χ3v) is 5.66. The molecule has 0 bridgehead atoms. The molecule has 3 aromatic rings. The van der Waals surface area contributed by atoms with E-state index in [1.165, 1.54) is 5.01 Å². The van der Waals surface area contributed by atoms with Crippen molar-refractivity contribution in [3.05, 3.63) is 75.6 Å². The fourth-order valence-corrected chi connectivity index (χ4v) is 4.40. The number of thiophene rings is 1. The molecule has 2 amide bonds. The Labute approximate surface area is 155 Å². The van der Waals surface area contributed by atoms with Crippen LogP contribution < -0.4 is 5.01 Å². The van der Waals surface area contributed by atoms with Crippen LogP contribution in [0.5, 0.6) is 0 Å². The van der Waals surface area contributed by atoms with Crippen molar-refractivity contribution >= 4 is 29.2 Å². The van der Waals surface area contributed by atoms with Crippen LogP contribution in [0.25, 0.3) is 17.3 Å². The Balaban J connectivity index is 1.75. The first kappa shape index (κ1) is 15.3. The lowest BCUT2D eigenvalue weighted by atomic mass is 10.1. The van der Waals surface area contributed by atoms with E-state index in [2.05, 4.69) is 18.2 Å². The summed E-state index contributed by atoms with van der Waals surface area (Å²) in [5.41, 5.74) is 4.96. The van der Waals surface area contributed by atoms with Gasteiger partial charge in [0.25, 0.3) is 11.8 Å². The quantitative estimate of drug-likeness (QED) is 0.632. The number of imide groups is 1. The number of nitrogens with zero attached hydrogens (tertiary/aromatic N) is 2. The van der Waals surface area contributed by atoms with Crippen molar-refractivity contribution in [2.75, 3.05) is 5.01 Å². The zero-order valence-corrected chi connectivity index (χ0v) is 14.8. The molecular formula is C21H16N2O2S. The van der Waals surface area contributed by atoms with Crippen LogP contribution >= 0.6 is 11.3 Å². The van der Waals surface area contributed by atoms with E-state index in [4.69, 9.17) is 0 Å². The number of carbonyl (C=O) groups is 2. The lowest BCUT2D eigenvalue weighted by molar-refractivity contribution is 0.0885. The normalized spacial score (nSPS) is 15.9. The SMILES string of the molecule is O=C1c2ccccc2C(=O)N1n1c(-c2ccsc2)cc2c1CCCC=C2. The number of amides is 2. The smallest absolute Gasteiger partial charge is 0.267 e. The molecule has 2 aliphatic rings. The van der Waals surface area contributed by atoms with Crippen LogP contribution in [0, 0.1) is 0 Å². The maximum atomic E-state index is 13.1. The van der Waals surface area contributed by atoms with Gasteiger partial charge in [0, 0.05) is 16.6 Å². The van der Waals surface area contributed by atoms with E-state index in [1.807, 2.05) is 21.5 Å². The van der Waals surface area contributed by atoms with Crippen molar-refractivity contribution in [3.63, 3.8) is 0 Å². The lowest BCUT2D eigenvalue weighted by Gasteiger charge is -2.22. The van der Waals surface area contributed by atoms with Crippen LogP contribution in [0.1, 0.15) is 44.8 Å². The molecule has 1 aliphatic carbocycles. The van der Waals surface area contributed by atoms with E-state index in [-0.39, 0.29) is 11.8 Å². The van der Waals surface area contributed by atoms with Crippen LogP contribution in [0.15, 0.2) is 53.2 Å². The Morgan fingerprint density at radius 1 is 1.00 bits per heavy atom. The first-order valence-electron chi connectivity index (χ1n) is 8.67. The first-order valence-corrected chi connectivity index (χ1v) is 9.62. The molecule has 5 rings (SSSR count). The van der Waals surface area contributed by atoms with Gasteiger partial charge in [-0.2, -0.15) is 16.3 Å². The van der Waals surface area contributed by atoms with Gasteiger partial charge in [-0.3, -0.25) is 9.59 Å². The Morgan fingerprint density at radius 2 is 1.77 bits per heavy atom. The van der Waals surface area contributed by atoms with Gasteiger partial charge >= 0.3 is 0 Å². The summed E-state index contributed by atoms with van der Waals surface area (Å²) in [4.78, 5) is 26.1. The van der Waals surface area contributed by atoms with E-state index in [9.17, 15) is 9.59 Å². The molecule has 0 radical (unpaired) electrons. The number of hydrogen-bond donors (Lipinski definition) is 0.